The van der Waals surface area contributed by atoms with Gasteiger partial charge in [-0.25, -0.2) is 8.78 Å². The Morgan fingerprint density at radius 3 is 2.60 bits per heavy atom. The van der Waals surface area contributed by atoms with Crippen LogP contribution in [0, 0.1) is 23.0 Å². The average Bonchev–Trinajstić information content (AvgIpc) is 2.42. The van der Waals surface area contributed by atoms with E-state index in [0.29, 0.717) is 24.2 Å². The number of hydrogen-bond donors (Lipinski definition) is 0. The minimum atomic E-state index is -0.573. The molecule has 2 aromatic rings. The summed E-state index contributed by atoms with van der Waals surface area (Å²) in [4.78, 5) is 1.91. The number of benzene rings is 2. The number of nitriles is 1. The van der Waals surface area contributed by atoms with Crippen molar-refractivity contribution in [2.45, 2.75) is 13.1 Å². The van der Waals surface area contributed by atoms with E-state index in [1.807, 2.05) is 24.1 Å². The number of hydrogen-bond acceptors (Lipinski definition) is 2. The molecule has 2 nitrogen and oxygen atoms in total. The fourth-order valence-corrected chi connectivity index (χ4v) is 2.05. The van der Waals surface area contributed by atoms with Gasteiger partial charge in [0.15, 0.2) is 0 Å². The Morgan fingerprint density at radius 2 is 1.90 bits per heavy atom. The molecular formula is C16H14F2N2. The highest BCUT2D eigenvalue weighted by atomic mass is 19.1. The quantitative estimate of drug-likeness (QED) is 0.852. The van der Waals surface area contributed by atoms with Gasteiger partial charge in [0.1, 0.15) is 11.6 Å². The predicted molar refractivity (Wildman–Crippen MR) is 72.7 cm³/mol. The summed E-state index contributed by atoms with van der Waals surface area (Å²) in [5.74, 6) is -1.11. The standard InChI is InChI=1S/C16H14F2N2/c1-20(10-13-4-2-3-12(7-13)9-19)11-14-5-6-15(17)8-16(14)18/h2-8H,10-11H2,1H3. The van der Waals surface area contributed by atoms with Crippen molar-refractivity contribution in [2.24, 2.45) is 0 Å². The first-order chi connectivity index (χ1) is 9.58. The molecule has 20 heavy (non-hydrogen) atoms. The van der Waals surface area contributed by atoms with Crippen LogP contribution in [-0.4, -0.2) is 11.9 Å². The van der Waals surface area contributed by atoms with Crippen LogP contribution in [0.1, 0.15) is 16.7 Å². The molecule has 0 unspecified atom stereocenters. The lowest BCUT2D eigenvalue weighted by Gasteiger charge is -2.17. The molecule has 2 aromatic carbocycles. The van der Waals surface area contributed by atoms with Gasteiger partial charge in [0.2, 0.25) is 0 Å². The van der Waals surface area contributed by atoms with E-state index in [-0.39, 0.29) is 0 Å². The Bertz CT molecular complexity index is 647. The van der Waals surface area contributed by atoms with Crippen LogP contribution in [0.2, 0.25) is 0 Å². The van der Waals surface area contributed by atoms with Crippen molar-refractivity contribution >= 4 is 0 Å². The molecule has 0 aliphatic carbocycles. The van der Waals surface area contributed by atoms with E-state index >= 15 is 0 Å². The SMILES string of the molecule is CN(Cc1cccc(C#N)c1)Cc1ccc(F)cc1F. The van der Waals surface area contributed by atoms with Gasteiger partial charge >= 0.3 is 0 Å². The molecule has 4 heteroatoms. The van der Waals surface area contributed by atoms with Gasteiger partial charge in [-0.3, -0.25) is 4.90 Å². The first-order valence-corrected chi connectivity index (χ1v) is 6.20. The van der Waals surface area contributed by atoms with Crippen LogP contribution >= 0.6 is 0 Å². The van der Waals surface area contributed by atoms with Gasteiger partial charge in [-0.05, 0) is 30.8 Å². The summed E-state index contributed by atoms with van der Waals surface area (Å²) in [6.07, 6.45) is 0. The summed E-state index contributed by atoms with van der Waals surface area (Å²) in [6, 6.07) is 13.0. The summed E-state index contributed by atoms with van der Waals surface area (Å²) in [6.45, 7) is 0.967. The second-order valence-corrected chi connectivity index (χ2v) is 4.72. The molecule has 102 valence electrons. The lowest BCUT2D eigenvalue weighted by molar-refractivity contribution is 0.313. The predicted octanol–water partition coefficient (Wildman–Crippen LogP) is 3.47. The third-order valence-electron chi connectivity index (χ3n) is 2.96. The van der Waals surface area contributed by atoms with Crippen molar-refractivity contribution in [3.05, 3.63) is 70.8 Å². The fourth-order valence-electron chi connectivity index (χ4n) is 2.05. The van der Waals surface area contributed by atoms with E-state index in [0.717, 1.165) is 11.6 Å². The van der Waals surface area contributed by atoms with Gasteiger partial charge in [-0.2, -0.15) is 5.26 Å². The van der Waals surface area contributed by atoms with E-state index in [9.17, 15) is 8.78 Å². The topological polar surface area (TPSA) is 27.0 Å². The van der Waals surface area contributed by atoms with Crippen molar-refractivity contribution in [1.29, 1.82) is 5.26 Å². The lowest BCUT2D eigenvalue weighted by Crippen LogP contribution is -2.18. The highest BCUT2D eigenvalue weighted by Gasteiger charge is 2.07. The van der Waals surface area contributed by atoms with Crippen LogP contribution in [0.15, 0.2) is 42.5 Å². The lowest BCUT2D eigenvalue weighted by atomic mass is 10.1. The van der Waals surface area contributed by atoms with E-state index in [4.69, 9.17) is 5.26 Å². The largest absolute Gasteiger partial charge is 0.298 e. The maximum atomic E-state index is 13.6. The monoisotopic (exact) mass is 272 g/mol. The van der Waals surface area contributed by atoms with Crippen LogP contribution < -0.4 is 0 Å². The third-order valence-corrected chi connectivity index (χ3v) is 2.96. The Morgan fingerprint density at radius 1 is 1.10 bits per heavy atom. The van der Waals surface area contributed by atoms with Gasteiger partial charge < -0.3 is 0 Å². The summed E-state index contributed by atoms with van der Waals surface area (Å²) in [7, 11) is 1.85. The molecule has 0 spiro atoms. The third kappa shape index (κ3) is 3.62. The Hall–Kier alpha value is -2.25. The molecule has 0 aromatic heterocycles. The molecular weight excluding hydrogens is 258 g/mol. The molecule has 0 saturated heterocycles. The minimum Gasteiger partial charge on any atom is -0.298 e. The zero-order valence-corrected chi connectivity index (χ0v) is 11.1. The van der Waals surface area contributed by atoms with Gasteiger partial charge in [0.25, 0.3) is 0 Å². The van der Waals surface area contributed by atoms with Crippen molar-refractivity contribution in [1.82, 2.24) is 4.90 Å². The van der Waals surface area contributed by atoms with E-state index in [1.54, 1.807) is 12.1 Å². The molecule has 2 rings (SSSR count). The average molecular weight is 272 g/mol. The summed E-state index contributed by atoms with van der Waals surface area (Å²) in [5.41, 5.74) is 2.03. The number of nitrogens with zero attached hydrogens (tertiary/aromatic N) is 2. The van der Waals surface area contributed by atoms with E-state index in [2.05, 4.69) is 6.07 Å². The van der Waals surface area contributed by atoms with Crippen molar-refractivity contribution in [3.8, 4) is 6.07 Å². The number of rotatable bonds is 4. The molecule has 0 radical (unpaired) electrons. The Kier molecular flexibility index (Phi) is 4.44. The first-order valence-electron chi connectivity index (χ1n) is 6.20. The molecule has 0 amide bonds. The van der Waals surface area contributed by atoms with Gasteiger partial charge in [-0.15, -0.1) is 0 Å². The molecule has 0 fully saturated rings. The smallest absolute Gasteiger partial charge is 0.130 e. The summed E-state index contributed by atoms with van der Waals surface area (Å²) < 4.78 is 26.4. The van der Waals surface area contributed by atoms with Crippen molar-refractivity contribution in [2.75, 3.05) is 7.05 Å². The Balaban J connectivity index is 2.05. The zero-order chi connectivity index (χ0) is 14.5. The fraction of sp³-hybridized carbons (Fsp3) is 0.188. The minimum absolute atomic E-state index is 0.378. The molecule has 0 aliphatic rings. The zero-order valence-electron chi connectivity index (χ0n) is 11.1. The van der Waals surface area contributed by atoms with Gasteiger partial charge in [-0.1, -0.05) is 18.2 Å². The van der Waals surface area contributed by atoms with Crippen LogP contribution in [-0.2, 0) is 13.1 Å². The first kappa shape index (κ1) is 14.2. The van der Waals surface area contributed by atoms with Crippen LogP contribution in [0.3, 0.4) is 0 Å². The van der Waals surface area contributed by atoms with Crippen LogP contribution in [0.5, 0.6) is 0 Å². The van der Waals surface area contributed by atoms with Crippen molar-refractivity contribution in [3.63, 3.8) is 0 Å². The molecule has 0 aliphatic heterocycles. The highest BCUT2D eigenvalue weighted by Crippen LogP contribution is 2.13. The maximum Gasteiger partial charge on any atom is 0.130 e. The maximum absolute atomic E-state index is 13.6. The van der Waals surface area contributed by atoms with Crippen LogP contribution in [0.4, 0.5) is 8.78 Å². The molecule has 0 saturated carbocycles. The number of halogens is 2. The molecule has 0 bridgehead atoms. The highest BCUT2D eigenvalue weighted by molar-refractivity contribution is 5.32. The van der Waals surface area contributed by atoms with E-state index < -0.39 is 11.6 Å². The molecule has 0 heterocycles. The van der Waals surface area contributed by atoms with Crippen LogP contribution in [0.25, 0.3) is 0 Å². The van der Waals surface area contributed by atoms with Gasteiger partial charge in [0, 0.05) is 24.7 Å². The molecule has 0 N–H and O–H groups in total. The van der Waals surface area contributed by atoms with Gasteiger partial charge in [0.05, 0.1) is 11.6 Å². The normalized spacial score (nSPS) is 10.6. The summed E-state index contributed by atoms with van der Waals surface area (Å²) >= 11 is 0. The molecule has 0 atom stereocenters. The van der Waals surface area contributed by atoms with E-state index in [1.165, 1.54) is 12.1 Å². The second kappa shape index (κ2) is 6.27. The van der Waals surface area contributed by atoms with Crippen molar-refractivity contribution < 1.29 is 8.78 Å². The summed E-state index contributed by atoms with van der Waals surface area (Å²) in [5, 5.41) is 8.85. The second-order valence-electron chi connectivity index (χ2n) is 4.72. The Labute approximate surface area is 116 Å².